The predicted octanol–water partition coefficient (Wildman–Crippen LogP) is 7.20. The first kappa shape index (κ1) is 33.9. The van der Waals surface area contributed by atoms with E-state index in [4.69, 9.17) is 9.84 Å². The van der Waals surface area contributed by atoms with Gasteiger partial charge in [-0.2, -0.15) is 4.57 Å². The lowest BCUT2D eigenvalue weighted by Gasteiger charge is -2.31. The van der Waals surface area contributed by atoms with Crippen LogP contribution in [-0.2, 0) is 21.5 Å². The molecule has 0 bridgehead atoms. The molecule has 2 heterocycles. The fraction of sp³-hybridized carbons (Fsp3) is 0.389. The average Bonchev–Trinajstić information content (AvgIpc) is 2.98. The number of nitrogens with zero attached hydrogens (tertiary/aromatic N) is 2. The summed E-state index contributed by atoms with van der Waals surface area (Å²) >= 11 is 0. The van der Waals surface area contributed by atoms with E-state index in [9.17, 15) is 17.8 Å². The zero-order chi connectivity index (χ0) is 32.8. The van der Waals surface area contributed by atoms with Gasteiger partial charge in [-0.1, -0.05) is 51.1 Å². The molecule has 1 aliphatic heterocycles. The normalized spacial score (nSPS) is 15.3. The van der Waals surface area contributed by atoms with Crippen molar-refractivity contribution in [3.63, 3.8) is 0 Å². The third-order valence-corrected chi connectivity index (χ3v) is 8.91. The van der Waals surface area contributed by atoms with Crippen LogP contribution in [-0.4, -0.2) is 37.1 Å². The Morgan fingerprint density at radius 1 is 1.04 bits per heavy atom. The van der Waals surface area contributed by atoms with Crippen LogP contribution in [0, 0.1) is 5.41 Å². The van der Waals surface area contributed by atoms with Crippen molar-refractivity contribution >= 4 is 38.8 Å². The van der Waals surface area contributed by atoms with Crippen LogP contribution in [0.3, 0.4) is 0 Å². The van der Waals surface area contributed by atoms with Crippen molar-refractivity contribution in [2.45, 2.75) is 77.7 Å². The molecule has 240 valence electrons. The van der Waals surface area contributed by atoms with Crippen molar-refractivity contribution < 1.29 is 32.2 Å². The number of ether oxygens (including phenoxy) is 1. The first-order chi connectivity index (χ1) is 21.3. The summed E-state index contributed by atoms with van der Waals surface area (Å²) in [5.41, 5.74) is 3.63. The quantitative estimate of drug-likeness (QED) is 0.0918. The Labute approximate surface area is 267 Å². The van der Waals surface area contributed by atoms with Crippen LogP contribution >= 0.6 is 0 Å². The Kier molecular flexibility index (Phi) is 10.9. The molecule has 0 aliphatic carbocycles. The van der Waals surface area contributed by atoms with E-state index in [0.717, 1.165) is 59.8 Å². The number of carboxylic acid groups (broad SMARTS) is 1. The maximum atomic E-state index is 11.8. The first-order valence-corrected chi connectivity index (χ1v) is 17.0. The number of benzene rings is 2. The lowest BCUT2D eigenvalue weighted by Crippen LogP contribution is -2.34. The van der Waals surface area contributed by atoms with Gasteiger partial charge < -0.3 is 19.3 Å². The Balaban J connectivity index is 1.64. The maximum Gasteiger partial charge on any atom is 0.303 e. The summed E-state index contributed by atoms with van der Waals surface area (Å²) in [5, 5.41) is 9.54. The van der Waals surface area contributed by atoms with Crippen LogP contribution in [0.2, 0.25) is 0 Å². The number of unbranched alkanes of at least 4 members (excludes halogenated alkanes) is 2. The number of pyridine rings is 1. The minimum atomic E-state index is -4.63. The number of allylic oxidation sites excluding steroid dienone is 5. The second-order valence-electron chi connectivity index (χ2n) is 12.3. The largest absolute Gasteiger partial charge is 0.744 e. The molecule has 0 spiro atoms. The predicted molar refractivity (Wildman–Crippen MR) is 177 cm³/mol. The van der Waals surface area contributed by atoms with E-state index in [1.807, 2.05) is 35.1 Å². The molecule has 8 nitrogen and oxygen atoms in total. The fourth-order valence-electron chi connectivity index (χ4n) is 5.55. The molecular weight excluding hydrogens is 588 g/mol. The summed E-state index contributed by atoms with van der Waals surface area (Å²) < 4.78 is 43.9. The number of carboxylic acids is 1. The van der Waals surface area contributed by atoms with E-state index in [1.165, 1.54) is 12.1 Å². The number of fused-ring (bicyclic) bond motifs is 2. The number of anilines is 1. The zero-order valence-corrected chi connectivity index (χ0v) is 27.6. The molecule has 4 rings (SSSR count). The van der Waals surface area contributed by atoms with Gasteiger partial charge in [0.1, 0.15) is 28.2 Å². The van der Waals surface area contributed by atoms with Crippen molar-refractivity contribution in [3.8, 4) is 5.75 Å². The molecule has 45 heavy (non-hydrogen) atoms. The van der Waals surface area contributed by atoms with Gasteiger partial charge in [0.25, 0.3) is 0 Å². The lowest BCUT2D eigenvalue weighted by atomic mass is 9.86. The second-order valence-corrected chi connectivity index (χ2v) is 13.7. The molecule has 0 saturated carbocycles. The van der Waals surface area contributed by atoms with Gasteiger partial charge in [0.05, 0.1) is 10.3 Å². The van der Waals surface area contributed by atoms with Gasteiger partial charge in [-0.3, -0.25) is 4.79 Å². The number of hydrogen-bond acceptors (Lipinski definition) is 6. The van der Waals surface area contributed by atoms with Crippen LogP contribution in [0.15, 0.2) is 83.6 Å². The van der Waals surface area contributed by atoms with Crippen LogP contribution in [0.1, 0.15) is 77.3 Å². The van der Waals surface area contributed by atoms with E-state index >= 15 is 0 Å². The number of rotatable bonds is 13. The van der Waals surface area contributed by atoms with Gasteiger partial charge in [0, 0.05) is 66.7 Å². The summed E-state index contributed by atoms with van der Waals surface area (Å²) in [7, 11) is -4.63. The van der Waals surface area contributed by atoms with E-state index < -0.39 is 16.1 Å². The van der Waals surface area contributed by atoms with E-state index in [0.29, 0.717) is 18.4 Å². The maximum absolute atomic E-state index is 11.8. The van der Waals surface area contributed by atoms with Gasteiger partial charge >= 0.3 is 5.97 Å². The fourth-order valence-corrected chi connectivity index (χ4v) is 6.05. The molecule has 1 atom stereocenters. The van der Waals surface area contributed by atoms with Gasteiger partial charge in [0.2, 0.25) is 5.52 Å². The topological polar surface area (TPSA) is 111 Å². The molecule has 0 fully saturated rings. The SMILES string of the molecule is CCN(CC)c1ccc2c(c1)OC(C(C)(C)C)=CC2/C=C/C=C/c1cc[n+](CCCCCC(=O)O)c2ccc(S(=O)(=O)[O-])cc12. The average molecular weight is 633 g/mol. The van der Waals surface area contributed by atoms with E-state index in [-0.39, 0.29) is 22.6 Å². The second kappa shape index (κ2) is 14.4. The number of aliphatic carboxylic acids is 1. The summed E-state index contributed by atoms with van der Waals surface area (Å²) in [6.07, 6.45) is 14.3. The molecule has 1 unspecified atom stereocenters. The van der Waals surface area contributed by atoms with Crippen LogP contribution in [0.25, 0.3) is 17.0 Å². The van der Waals surface area contributed by atoms with Crippen LogP contribution < -0.4 is 14.2 Å². The molecule has 0 radical (unpaired) electrons. The minimum absolute atomic E-state index is 0.00592. The van der Waals surface area contributed by atoms with Gasteiger partial charge in [-0.15, -0.1) is 0 Å². The first-order valence-electron chi connectivity index (χ1n) is 15.6. The molecular formula is C36H44N2O6S. The minimum Gasteiger partial charge on any atom is -0.744 e. The summed E-state index contributed by atoms with van der Waals surface area (Å²) in [4.78, 5) is 12.8. The third-order valence-electron chi connectivity index (χ3n) is 8.08. The smallest absolute Gasteiger partial charge is 0.303 e. The summed E-state index contributed by atoms with van der Waals surface area (Å²) in [6, 6.07) is 12.7. The van der Waals surface area contributed by atoms with Gasteiger partial charge in [-0.05, 0) is 56.5 Å². The molecule has 0 saturated heterocycles. The third kappa shape index (κ3) is 8.61. The molecule has 0 amide bonds. The van der Waals surface area contributed by atoms with Gasteiger partial charge in [0.15, 0.2) is 6.20 Å². The molecule has 9 heteroatoms. The standard InChI is InChI=1S/C36H44N2O6S/c1-6-37(7-2)28-16-18-30-27(23-34(36(3,4)5)44-33(30)24-28)14-11-10-13-26-20-22-38(21-12-8-9-15-35(39)40)32-19-17-29(25-31(26)32)45(41,42)43/h10-11,13-14,16-20,22-25,27H,6-9,12,15,21H2,1-5H3,(H-,39,40,41,42,43)/b13-10+,14-11+. The molecule has 1 N–H and O–H groups in total. The highest BCUT2D eigenvalue weighted by atomic mass is 32.2. The van der Waals surface area contributed by atoms with E-state index in [2.05, 4.69) is 69.9 Å². The zero-order valence-electron chi connectivity index (χ0n) is 26.8. The molecule has 3 aromatic rings. The van der Waals surface area contributed by atoms with Crippen molar-refractivity contribution in [3.05, 3.63) is 89.9 Å². The number of aromatic nitrogens is 1. The number of aryl methyl sites for hydroxylation is 1. The molecule has 1 aromatic heterocycles. The Morgan fingerprint density at radius 2 is 1.80 bits per heavy atom. The number of carbonyl (C=O) groups is 1. The van der Waals surface area contributed by atoms with Crippen molar-refractivity contribution in [2.24, 2.45) is 5.41 Å². The Hall–Kier alpha value is -3.95. The monoisotopic (exact) mass is 632 g/mol. The highest BCUT2D eigenvalue weighted by Gasteiger charge is 2.28. The number of hydrogen-bond donors (Lipinski definition) is 1. The highest BCUT2D eigenvalue weighted by Crippen LogP contribution is 2.42. The van der Waals surface area contributed by atoms with E-state index in [1.54, 1.807) is 6.07 Å². The molecule has 2 aromatic carbocycles. The van der Waals surface area contributed by atoms with Gasteiger partial charge in [-0.25, -0.2) is 8.42 Å². The Morgan fingerprint density at radius 3 is 2.47 bits per heavy atom. The summed E-state index contributed by atoms with van der Waals surface area (Å²) in [5.74, 6) is 0.976. The molecule has 1 aliphatic rings. The lowest BCUT2D eigenvalue weighted by molar-refractivity contribution is -0.671. The summed E-state index contributed by atoms with van der Waals surface area (Å²) in [6.45, 7) is 13.2. The van der Waals surface area contributed by atoms with Crippen LogP contribution in [0.5, 0.6) is 5.75 Å². The van der Waals surface area contributed by atoms with Crippen molar-refractivity contribution in [2.75, 3.05) is 18.0 Å². The Bertz CT molecular complexity index is 1730. The van der Waals surface area contributed by atoms with Crippen molar-refractivity contribution in [1.82, 2.24) is 0 Å². The highest BCUT2D eigenvalue weighted by molar-refractivity contribution is 7.85. The van der Waals surface area contributed by atoms with Crippen LogP contribution in [0.4, 0.5) is 5.69 Å². The van der Waals surface area contributed by atoms with Crippen molar-refractivity contribution in [1.29, 1.82) is 0 Å².